The summed E-state index contributed by atoms with van der Waals surface area (Å²) in [6.07, 6.45) is 6.23. The molecule has 3 heterocycles. The van der Waals surface area contributed by atoms with E-state index in [0.29, 0.717) is 18.6 Å². The Balaban J connectivity index is 1.65. The number of hydrogen-bond acceptors (Lipinski definition) is 4. The number of aryl methyl sites for hydroxylation is 1. The first-order valence-corrected chi connectivity index (χ1v) is 7.75. The predicted molar refractivity (Wildman–Crippen MR) is 81.1 cm³/mol. The van der Waals surface area contributed by atoms with E-state index in [1.807, 2.05) is 20.0 Å². The molecule has 0 aliphatic carbocycles. The van der Waals surface area contributed by atoms with Gasteiger partial charge in [0.25, 0.3) is 5.91 Å². The predicted octanol–water partition coefficient (Wildman–Crippen LogP) is 0.701. The van der Waals surface area contributed by atoms with E-state index in [1.165, 1.54) is 5.01 Å². The van der Waals surface area contributed by atoms with Crippen molar-refractivity contribution in [3.05, 3.63) is 18.2 Å². The van der Waals surface area contributed by atoms with Gasteiger partial charge in [0.05, 0.1) is 0 Å². The van der Waals surface area contributed by atoms with Gasteiger partial charge in [0.2, 0.25) is 5.91 Å². The summed E-state index contributed by atoms with van der Waals surface area (Å²) in [5.41, 5.74) is 0.449. The third-order valence-corrected chi connectivity index (χ3v) is 4.08. The lowest BCUT2D eigenvalue weighted by Crippen LogP contribution is -2.46. The summed E-state index contributed by atoms with van der Waals surface area (Å²) < 4.78 is 2.07. The summed E-state index contributed by atoms with van der Waals surface area (Å²) >= 11 is 0. The number of rotatable bonds is 3. The number of carbonyl (C=O) groups is 2. The van der Waals surface area contributed by atoms with Gasteiger partial charge in [-0.05, 0) is 20.3 Å². The monoisotopic (exact) mass is 303 g/mol. The van der Waals surface area contributed by atoms with Crippen LogP contribution in [0.5, 0.6) is 0 Å². The van der Waals surface area contributed by atoms with Crippen LogP contribution in [0.1, 0.15) is 38.9 Å². The molecule has 0 saturated heterocycles. The lowest BCUT2D eigenvalue weighted by molar-refractivity contribution is -0.133. The van der Waals surface area contributed by atoms with E-state index in [1.54, 1.807) is 6.20 Å². The molecule has 1 unspecified atom stereocenters. The Morgan fingerprint density at radius 2 is 2.18 bits per heavy atom. The second-order valence-electron chi connectivity index (χ2n) is 6.08. The molecule has 7 heteroatoms. The average molecular weight is 303 g/mol. The Morgan fingerprint density at radius 1 is 1.36 bits per heavy atom. The normalized spacial score (nSPS) is 21.6. The number of fused-ring (bicyclic) bond motifs is 1. The van der Waals surface area contributed by atoms with Crippen molar-refractivity contribution in [2.24, 2.45) is 5.10 Å². The van der Waals surface area contributed by atoms with Crippen LogP contribution in [0.3, 0.4) is 0 Å². The number of nitrogens with one attached hydrogen (secondary N) is 1. The molecule has 0 spiro atoms. The number of hydrazone groups is 1. The van der Waals surface area contributed by atoms with Gasteiger partial charge in [0.1, 0.15) is 11.5 Å². The molecular formula is C15H21N5O2. The minimum Gasteiger partial charge on any atom is -0.346 e. The molecule has 1 aromatic heterocycles. The third kappa shape index (κ3) is 2.88. The highest BCUT2D eigenvalue weighted by atomic mass is 16.2. The molecule has 2 amide bonds. The third-order valence-electron chi connectivity index (χ3n) is 4.08. The first kappa shape index (κ1) is 14.7. The van der Waals surface area contributed by atoms with Crippen molar-refractivity contribution in [3.8, 4) is 0 Å². The second-order valence-corrected chi connectivity index (χ2v) is 6.08. The Hall–Kier alpha value is -2.18. The molecule has 1 aromatic rings. The van der Waals surface area contributed by atoms with Crippen molar-refractivity contribution < 1.29 is 9.59 Å². The Bertz CT molecular complexity index is 619. The maximum atomic E-state index is 12.4. The van der Waals surface area contributed by atoms with Crippen LogP contribution in [0.25, 0.3) is 0 Å². The van der Waals surface area contributed by atoms with E-state index in [4.69, 9.17) is 0 Å². The summed E-state index contributed by atoms with van der Waals surface area (Å²) in [7, 11) is 0. The number of amides is 2. The first-order chi connectivity index (χ1) is 10.5. The molecule has 1 atom stereocenters. The van der Waals surface area contributed by atoms with Gasteiger partial charge in [-0.15, -0.1) is 0 Å². The first-order valence-electron chi connectivity index (χ1n) is 7.75. The molecule has 1 N–H and O–H groups in total. The van der Waals surface area contributed by atoms with E-state index in [0.717, 1.165) is 25.2 Å². The molecular weight excluding hydrogens is 282 g/mol. The number of nitrogens with zero attached hydrogens (tertiary/aromatic N) is 4. The molecule has 0 aromatic carbocycles. The molecule has 0 bridgehead atoms. The highest BCUT2D eigenvalue weighted by Gasteiger charge is 2.28. The molecule has 2 aliphatic heterocycles. The smallest absolute Gasteiger partial charge is 0.267 e. The van der Waals surface area contributed by atoms with Crippen LogP contribution in [-0.4, -0.2) is 44.2 Å². The minimum atomic E-state index is -0.160. The lowest BCUT2D eigenvalue weighted by atomic mass is 10.1. The van der Waals surface area contributed by atoms with Crippen LogP contribution in [0.15, 0.2) is 17.5 Å². The zero-order chi connectivity index (χ0) is 15.7. The van der Waals surface area contributed by atoms with Gasteiger partial charge in [0, 0.05) is 50.3 Å². The zero-order valence-electron chi connectivity index (χ0n) is 13.0. The zero-order valence-corrected chi connectivity index (χ0v) is 13.0. The maximum Gasteiger partial charge on any atom is 0.267 e. The van der Waals surface area contributed by atoms with E-state index in [2.05, 4.69) is 20.0 Å². The molecule has 0 fully saturated rings. The van der Waals surface area contributed by atoms with Gasteiger partial charge in [-0.2, -0.15) is 5.10 Å². The summed E-state index contributed by atoms with van der Waals surface area (Å²) in [5, 5.41) is 8.68. The van der Waals surface area contributed by atoms with Gasteiger partial charge < -0.3 is 9.88 Å². The van der Waals surface area contributed by atoms with E-state index < -0.39 is 0 Å². The Morgan fingerprint density at radius 3 is 2.95 bits per heavy atom. The topological polar surface area (TPSA) is 79.6 Å². The van der Waals surface area contributed by atoms with Crippen molar-refractivity contribution in [1.29, 1.82) is 0 Å². The fraction of sp³-hybridized carbons (Fsp3) is 0.600. The van der Waals surface area contributed by atoms with Gasteiger partial charge in [-0.3, -0.25) is 9.59 Å². The van der Waals surface area contributed by atoms with Crippen molar-refractivity contribution in [2.75, 3.05) is 0 Å². The fourth-order valence-corrected chi connectivity index (χ4v) is 2.89. The number of aromatic nitrogens is 2. The molecule has 22 heavy (non-hydrogen) atoms. The summed E-state index contributed by atoms with van der Waals surface area (Å²) in [5.74, 6) is 0.885. The van der Waals surface area contributed by atoms with Crippen LogP contribution < -0.4 is 5.32 Å². The summed E-state index contributed by atoms with van der Waals surface area (Å²) in [6.45, 7) is 4.52. The van der Waals surface area contributed by atoms with Crippen LogP contribution in [0.2, 0.25) is 0 Å². The molecule has 7 nitrogen and oxygen atoms in total. The van der Waals surface area contributed by atoms with E-state index >= 15 is 0 Å². The van der Waals surface area contributed by atoms with Gasteiger partial charge in [-0.25, -0.2) is 9.99 Å². The van der Waals surface area contributed by atoms with Crippen molar-refractivity contribution in [2.45, 2.75) is 58.2 Å². The van der Waals surface area contributed by atoms with Crippen molar-refractivity contribution in [1.82, 2.24) is 19.9 Å². The SMILES string of the molecule is CC(C)N1N=C(C(=O)NC2CCc3nccn3C2)CCC1=O. The van der Waals surface area contributed by atoms with Crippen LogP contribution >= 0.6 is 0 Å². The Labute approximate surface area is 129 Å². The van der Waals surface area contributed by atoms with Gasteiger partial charge in [0.15, 0.2) is 0 Å². The van der Waals surface area contributed by atoms with Crippen molar-refractivity contribution >= 4 is 17.5 Å². The van der Waals surface area contributed by atoms with Gasteiger partial charge in [-0.1, -0.05) is 0 Å². The largest absolute Gasteiger partial charge is 0.346 e. The molecule has 0 radical (unpaired) electrons. The summed E-state index contributed by atoms with van der Waals surface area (Å²) in [6, 6.07) is 0.0563. The standard InChI is InChI=1S/C15H21N5O2/c1-10(2)20-14(21)6-4-12(18-20)15(22)17-11-3-5-13-16-7-8-19(13)9-11/h7-8,10-11H,3-6,9H2,1-2H3,(H,17,22). The second kappa shape index (κ2) is 5.90. The minimum absolute atomic E-state index is 0.0210. The number of carbonyl (C=O) groups excluding carboxylic acids is 2. The molecule has 118 valence electrons. The molecule has 3 rings (SSSR count). The Kier molecular flexibility index (Phi) is 3.96. The number of imidazole rings is 1. The molecule has 0 saturated carbocycles. The lowest BCUT2D eigenvalue weighted by Gasteiger charge is -2.28. The van der Waals surface area contributed by atoms with Gasteiger partial charge >= 0.3 is 0 Å². The number of hydrogen-bond donors (Lipinski definition) is 1. The highest BCUT2D eigenvalue weighted by Crippen LogP contribution is 2.15. The maximum absolute atomic E-state index is 12.4. The summed E-state index contributed by atoms with van der Waals surface area (Å²) in [4.78, 5) is 28.4. The molecule has 2 aliphatic rings. The van der Waals surface area contributed by atoms with Crippen LogP contribution in [-0.2, 0) is 22.6 Å². The fourth-order valence-electron chi connectivity index (χ4n) is 2.89. The highest BCUT2D eigenvalue weighted by molar-refractivity contribution is 6.39. The van der Waals surface area contributed by atoms with E-state index in [-0.39, 0.29) is 23.9 Å². The van der Waals surface area contributed by atoms with Crippen LogP contribution in [0.4, 0.5) is 0 Å². The quantitative estimate of drug-likeness (QED) is 0.892. The average Bonchev–Trinajstić information content (AvgIpc) is 2.94. The van der Waals surface area contributed by atoms with Crippen molar-refractivity contribution in [3.63, 3.8) is 0 Å². The van der Waals surface area contributed by atoms with Crippen LogP contribution in [0, 0.1) is 0 Å². The van der Waals surface area contributed by atoms with E-state index in [9.17, 15) is 9.59 Å².